The number of pyridine rings is 1. The molecule has 3 heteroatoms. The van der Waals surface area contributed by atoms with Crippen LogP contribution in [0.5, 0.6) is 0 Å². The molecular weight excluding hydrogens is 322 g/mol. The minimum Gasteiger partial charge on any atom is -0.455 e. The number of benzene rings is 2. The lowest BCUT2D eigenvalue weighted by atomic mass is 10.0. The third kappa shape index (κ3) is 2.50. The summed E-state index contributed by atoms with van der Waals surface area (Å²) in [6.45, 7) is 11.4. The van der Waals surface area contributed by atoms with Gasteiger partial charge in [0, 0.05) is 22.5 Å². The molecular formula is C22H23NOSi. The number of hydrogen-bond donors (Lipinski definition) is 0. The van der Waals surface area contributed by atoms with E-state index in [0.29, 0.717) is 0 Å². The van der Waals surface area contributed by atoms with E-state index in [4.69, 9.17) is 4.42 Å². The molecule has 0 atom stereocenters. The summed E-state index contributed by atoms with van der Waals surface area (Å²) in [7, 11) is -1.51. The Labute approximate surface area is 149 Å². The summed E-state index contributed by atoms with van der Waals surface area (Å²) < 4.78 is 6.35. The number of nitrogens with zero attached hydrogens (tertiary/aromatic N) is 1. The van der Waals surface area contributed by atoms with Gasteiger partial charge in [-0.1, -0.05) is 43.9 Å². The Morgan fingerprint density at radius 3 is 2.44 bits per heavy atom. The van der Waals surface area contributed by atoms with Crippen molar-refractivity contribution in [1.29, 1.82) is 0 Å². The highest BCUT2D eigenvalue weighted by Gasteiger charge is 2.25. The molecule has 0 N–H and O–H groups in total. The average molecular weight is 346 g/mol. The molecule has 2 aromatic carbocycles. The first-order valence-corrected chi connectivity index (χ1v) is 12.3. The lowest BCUT2D eigenvalue weighted by Gasteiger charge is -2.19. The summed E-state index contributed by atoms with van der Waals surface area (Å²) in [6, 6.07) is 14.9. The van der Waals surface area contributed by atoms with Crippen LogP contribution in [0.3, 0.4) is 0 Å². The molecule has 2 aromatic heterocycles. The molecule has 0 bridgehead atoms. The van der Waals surface area contributed by atoms with Crippen molar-refractivity contribution in [2.75, 3.05) is 0 Å². The van der Waals surface area contributed by atoms with E-state index < -0.39 is 8.07 Å². The molecule has 0 amide bonds. The zero-order valence-electron chi connectivity index (χ0n) is 15.5. The standard InChI is InChI=1S/C22H23NOSi/c1-14-12-13-23-21(15(14)2)17-10-11-19(25(3,4)5)20-16-8-6-7-9-18(16)24-22(17)20/h6-13H,1-5H3. The second-order valence-corrected chi connectivity index (χ2v) is 12.9. The van der Waals surface area contributed by atoms with E-state index in [1.54, 1.807) is 0 Å². The molecule has 0 fully saturated rings. The fourth-order valence-electron chi connectivity index (χ4n) is 3.54. The zero-order chi connectivity index (χ0) is 17.8. The fraction of sp³-hybridized carbons (Fsp3) is 0.227. The molecule has 0 spiro atoms. The minimum atomic E-state index is -1.51. The summed E-state index contributed by atoms with van der Waals surface area (Å²) >= 11 is 0. The monoisotopic (exact) mass is 345 g/mol. The Kier molecular flexibility index (Phi) is 3.58. The second-order valence-electron chi connectivity index (χ2n) is 7.81. The first-order chi connectivity index (χ1) is 11.9. The van der Waals surface area contributed by atoms with Gasteiger partial charge in [0.2, 0.25) is 0 Å². The van der Waals surface area contributed by atoms with Crippen LogP contribution in [0.2, 0.25) is 19.6 Å². The van der Waals surface area contributed by atoms with Gasteiger partial charge in [-0.2, -0.15) is 0 Å². The molecule has 25 heavy (non-hydrogen) atoms. The van der Waals surface area contributed by atoms with Crippen molar-refractivity contribution >= 4 is 35.2 Å². The predicted octanol–water partition coefficient (Wildman–Crippen LogP) is 5.81. The van der Waals surface area contributed by atoms with Gasteiger partial charge in [-0.15, -0.1) is 0 Å². The Bertz CT molecular complexity index is 1100. The number of aryl methyl sites for hydroxylation is 1. The van der Waals surface area contributed by atoms with Crippen LogP contribution in [-0.4, -0.2) is 13.1 Å². The second kappa shape index (κ2) is 5.56. The van der Waals surface area contributed by atoms with Crippen LogP contribution in [-0.2, 0) is 0 Å². The summed E-state index contributed by atoms with van der Waals surface area (Å²) in [5, 5.41) is 3.93. The van der Waals surface area contributed by atoms with Gasteiger partial charge in [-0.3, -0.25) is 4.98 Å². The Morgan fingerprint density at radius 2 is 1.68 bits per heavy atom. The van der Waals surface area contributed by atoms with Crippen LogP contribution in [0.4, 0.5) is 0 Å². The number of fused-ring (bicyclic) bond motifs is 3. The lowest BCUT2D eigenvalue weighted by Crippen LogP contribution is -2.37. The molecule has 0 saturated carbocycles. The number of furan rings is 1. The van der Waals surface area contributed by atoms with Crippen LogP contribution in [0.15, 0.2) is 53.1 Å². The Balaban J connectivity index is 2.17. The Hall–Kier alpha value is -2.39. The Morgan fingerprint density at radius 1 is 0.920 bits per heavy atom. The van der Waals surface area contributed by atoms with Gasteiger partial charge in [0.25, 0.3) is 0 Å². The van der Waals surface area contributed by atoms with E-state index in [-0.39, 0.29) is 0 Å². The zero-order valence-corrected chi connectivity index (χ0v) is 16.5. The van der Waals surface area contributed by atoms with Crippen LogP contribution in [0.25, 0.3) is 33.2 Å². The van der Waals surface area contributed by atoms with Crippen LogP contribution in [0, 0.1) is 13.8 Å². The molecule has 0 radical (unpaired) electrons. The molecule has 0 unspecified atom stereocenters. The highest BCUT2D eigenvalue weighted by atomic mass is 28.3. The largest absolute Gasteiger partial charge is 0.455 e. The van der Waals surface area contributed by atoms with E-state index in [1.165, 1.54) is 27.1 Å². The van der Waals surface area contributed by atoms with Gasteiger partial charge in [0.15, 0.2) is 0 Å². The van der Waals surface area contributed by atoms with Crippen molar-refractivity contribution < 1.29 is 4.42 Å². The smallest absolute Gasteiger partial charge is 0.144 e. The first-order valence-electron chi connectivity index (χ1n) is 8.75. The maximum absolute atomic E-state index is 6.35. The summed E-state index contributed by atoms with van der Waals surface area (Å²) in [5.41, 5.74) is 6.51. The molecule has 0 aliphatic heterocycles. The van der Waals surface area contributed by atoms with Crippen LogP contribution in [0.1, 0.15) is 11.1 Å². The SMILES string of the molecule is Cc1ccnc(-c2ccc([Si](C)(C)C)c3c2oc2ccccc23)c1C. The highest BCUT2D eigenvalue weighted by molar-refractivity contribution is 6.90. The normalized spacial score (nSPS) is 12.2. The van der Waals surface area contributed by atoms with Gasteiger partial charge in [0.1, 0.15) is 11.2 Å². The summed E-state index contributed by atoms with van der Waals surface area (Å²) in [6.07, 6.45) is 1.89. The van der Waals surface area contributed by atoms with Crippen molar-refractivity contribution in [3.8, 4) is 11.3 Å². The first kappa shape index (κ1) is 16.1. The molecule has 0 aliphatic rings. The van der Waals surface area contributed by atoms with Crippen molar-refractivity contribution in [2.24, 2.45) is 0 Å². The molecule has 2 heterocycles. The van der Waals surface area contributed by atoms with Crippen molar-refractivity contribution in [3.05, 3.63) is 59.8 Å². The average Bonchev–Trinajstić information content (AvgIpc) is 2.95. The van der Waals surface area contributed by atoms with Gasteiger partial charge in [-0.25, -0.2) is 0 Å². The fourth-order valence-corrected chi connectivity index (χ4v) is 5.12. The van der Waals surface area contributed by atoms with Crippen molar-refractivity contribution in [3.63, 3.8) is 0 Å². The molecule has 126 valence electrons. The lowest BCUT2D eigenvalue weighted by molar-refractivity contribution is 0.670. The van der Waals surface area contributed by atoms with E-state index in [9.17, 15) is 0 Å². The molecule has 4 aromatic rings. The van der Waals surface area contributed by atoms with Crippen LogP contribution < -0.4 is 5.19 Å². The number of hydrogen-bond acceptors (Lipinski definition) is 2. The molecule has 0 saturated heterocycles. The summed E-state index contributed by atoms with van der Waals surface area (Å²) in [5.74, 6) is 0. The van der Waals surface area contributed by atoms with Gasteiger partial charge in [-0.05, 0) is 48.4 Å². The van der Waals surface area contributed by atoms with Crippen LogP contribution >= 0.6 is 0 Å². The van der Waals surface area contributed by atoms with Gasteiger partial charge >= 0.3 is 0 Å². The van der Waals surface area contributed by atoms with E-state index in [0.717, 1.165) is 22.4 Å². The topological polar surface area (TPSA) is 26.0 Å². The number of aromatic nitrogens is 1. The van der Waals surface area contributed by atoms with Crippen molar-refractivity contribution in [1.82, 2.24) is 4.98 Å². The highest BCUT2D eigenvalue weighted by Crippen LogP contribution is 2.36. The third-order valence-corrected chi connectivity index (χ3v) is 7.10. The van der Waals surface area contributed by atoms with E-state index in [2.05, 4.69) is 74.9 Å². The van der Waals surface area contributed by atoms with Gasteiger partial charge < -0.3 is 4.42 Å². The number of para-hydroxylation sites is 1. The molecule has 0 aliphatic carbocycles. The maximum atomic E-state index is 6.35. The van der Waals surface area contributed by atoms with Gasteiger partial charge in [0.05, 0.1) is 13.8 Å². The molecule has 4 rings (SSSR count). The third-order valence-electron chi connectivity index (χ3n) is 5.06. The predicted molar refractivity (Wildman–Crippen MR) is 109 cm³/mol. The molecule has 2 nitrogen and oxygen atoms in total. The van der Waals surface area contributed by atoms with Crippen molar-refractivity contribution in [2.45, 2.75) is 33.5 Å². The maximum Gasteiger partial charge on any atom is 0.144 e. The van der Waals surface area contributed by atoms with E-state index >= 15 is 0 Å². The van der Waals surface area contributed by atoms with E-state index in [1.807, 2.05) is 12.3 Å². The quantitative estimate of drug-likeness (QED) is 0.428. The summed E-state index contributed by atoms with van der Waals surface area (Å²) in [4.78, 5) is 4.67. The minimum absolute atomic E-state index is 0.953. The number of rotatable bonds is 2.